The lowest BCUT2D eigenvalue weighted by Gasteiger charge is -2.17. The highest BCUT2D eigenvalue weighted by molar-refractivity contribution is 7.09. The summed E-state index contributed by atoms with van der Waals surface area (Å²) in [6, 6.07) is 15.3. The zero-order chi connectivity index (χ0) is 11.2. The largest absolute Gasteiger partial charge is 0.382 e. The molecule has 0 saturated heterocycles. The highest BCUT2D eigenvalue weighted by atomic mass is 32.1. The molecule has 1 N–H and O–H groups in total. The highest BCUT2D eigenvalue weighted by Crippen LogP contribution is 2.16. The minimum Gasteiger partial charge on any atom is -0.382 e. The van der Waals surface area contributed by atoms with Crippen molar-refractivity contribution in [3.63, 3.8) is 0 Å². The molecule has 84 valence electrons. The van der Waals surface area contributed by atoms with E-state index in [-0.39, 0.29) is 0 Å². The Morgan fingerprint density at radius 1 is 1.12 bits per heavy atom. The predicted octanol–water partition coefficient (Wildman–Crippen LogP) is 4.18. The fourth-order valence-electron chi connectivity index (χ4n) is 1.74. The summed E-state index contributed by atoms with van der Waals surface area (Å²) in [6.07, 6.45) is 2.26. The number of hydrogen-bond donors (Lipinski definition) is 1. The van der Waals surface area contributed by atoms with E-state index in [9.17, 15) is 0 Å². The summed E-state index contributed by atoms with van der Waals surface area (Å²) in [6.45, 7) is 2.23. The molecule has 1 nitrogen and oxygen atoms in total. The van der Waals surface area contributed by atoms with Crippen molar-refractivity contribution >= 4 is 17.0 Å². The first-order valence-corrected chi connectivity index (χ1v) is 6.60. The maximum absolute atomic E-state index is 3.57. The Morgan fingerprint density at radius 2 is 1.94 bits per heavy atom. The fraction of sp³-hybridized carbons (Fsp3) is 0.286. The molecular weight excluding hydrogens is 214 g/mol. The van der Waals surface area contributed by atoms with Gasteiger partial charge in [-0.15, -0.1) is 11.3 Å². The SMILES string of the molecule is CCC(Cc1cccs1)Nc1ccccc1. The van der Waals surface area contributed by atoms with Crippen LogP contribution in [0.1, 0.15) is 18.2 Å². The normalized spacial score (nSPS) is 12.3. The second-order valence-electron chi connectivity index (χ2n) is 3.90. The van der Waals surface area contributed by atoms with E-state index in [2.05, 4.69) is 54.0 Å². The van der Waals surface area contributed by atoms with Crippen molar-refractivity contribution in [3.05, 3.63) is 52.7 Å². The molecule has 0 aliphatic carbocycles. The molecule has 1 atom stereocenters. The van der Waals surface area contributed by atoms with Gasteiger partial charge >= 0.3 is 0 Å². The van der Waals surface area contributed by atoms with Crippen molar-refractivity contribution in [3.8, 4) is 0 Å². The van der Waals surface area contributed by atoms with Gasteiger partial charge in [0.25, 0.3) is 0 Å². The monoisotopic (exact) mass is 231 g/mol. The molecule has 2 aromatic rings. The van der Waals surface area contributed by atoms with E-state index in [0.717, 1.165) is 12.8 Å². The van der Waals surface area contributed by atoms with Crippen LogP contribution in [0, 0.1) is 0 Å². The van der Waals surface area contributed by atoms with Gasteiger partial charge in [-0.3, -0.25) is 0 Å². The zero-order valence-electron chi connectivity index (χ0n) is 9.52. The highest BCUT2D eigenvalue weighted by Gasteiger charge is 2.07. The molecule has 0 aliphatic rings. The van der Waals surface area contributed by atoms with Gasteiger partial charge in [-0.05, 0) is 30.0 Å². The van der Waals surface area contributed by atoms with Crippen LogP contribution in [0.2, 0.25) is 0 Å². The first-order valence-electron chi connectivity index (χ1n) is 5.72. The molecule has 0 bridgehead atoms. The van der Waals surface area contributed by atoms with E-state index in [1.54, 1.807) is 0 Å². The zero-order valence-corrected chi connectivity index (χ0v) is 10.3. The summed E-state index contributed by atoms with van der Waals surface area (Å²) in [7, 11) is 0. The number of benzene rings is 1. The quantitative estimate of drug-likeness (QED) is 0.814. The van der Waals surface area contributed by atoms with Crippen LogP contribution >= 0.6 is 11.3 Å². The smallest absolute Gasteiger partial charge is 0.0342 e. The Bertz CT molecular complexity index is 394. The van der Waals surface area contributed by atoms with Gasteiger partial charge in [0.2, 0.25) is 0 Å². The van der Waals surface area contributed by atoms with Crippen LogP contribution in [0.15, 0.2) is 47.8 Å². The van der Waals surface area contributed by atoms with Crippen molar-refractivity contribution < 1.29 is 0 Å². The van der Waals surface area contributed by atoms with Crippen LogP contribution in [0.25, 0.3) is 0 Å². The maximum atomic E-state index is 3.57. The minimum atomic E-state index is 0.529. The Morgan fingerprint density at radius 3 is 2.56 bits per heavy atom. The summed E-state index contributed by atoms with van der Waals surface area (Å²) >= 11 is 1.84. The van der Waals surface area contributed by atoms with E-state index >= 15 is 0 Å². The Balaban J connectivity index is 1.96. The Kier molecular flexibility index (Phi) is 4.00. The van der Waals surface area contributed by atoms with E-state index in [0.29, 0.717) is 6.04 Å². The van der Waals surface area contributed by atoms with Gasteiger partial charge in [0.05, 0.1) is 0 Å². The third kappa shape index (κ3) is 3.11. The number of para-hydroxylation sites is 1. The molecule has 0 aliphatic heterocycles. The molecular formula is C14H17NS. The van der Waals surface area contributed by atoms with Gasteiger partial charge in [0, 0.05) is 23.0 Å². The molecule has 0 saturated carbocycles. The van der Waals surface area contributed by atoms with Gasteiger partial charge < -0.3 is 5.32 Å². The van der Waals surface area contributed by atoms with Crippen LogP contribution < -0.4 is 5.32 Å². The summed E-state index contributed by atoms with van der Waals surface area (Å²) < 4.78 is 0. The van der Waals surface area contributed by atoms with Gasteiger partial charge in [-0.1, -0.05) is 31.2 Å². The maximum Gasteiger partial charge on any atom is 0.0342 e. The van der Waals surface area contributed by atoms with Crippen LogP contribution in [-0.4, -0.2) is 6.04 Å². The second-order valence-corrected chi connectivity index (χ2v) is 4.93. The minimum absolute atomic E-state index is 0.529. The summed E-state index contributed by atoms with van der Waals surface area (Å²) in [5.41, 5.74) is 1.21. The van der Waals surface area contributed by atoms with Gasteiger partial charge in [0.15, 0.2) is 0 Å². The van der Waals surface area contributed by atoms with Crippen molar-refractivity contribution in [2.45, 2.75) is 25.8 Å². The number of rotatable bonds is 5. The molecule has 0 amide bonds. The van der Waals surface area contributed by atoms with Crippen molar-refractivity contribution in [1.82, 2.24) is 0 Å². The van der Waals surface area contributed by atoms with Crippen molar-refractivity contribution in [2.24, 2.45) is 0 Å². The lowest BCUT2D eigenvalue weighted by atomic mass is 10.1. The van der Waals surface area contributed by atoms with Gasteiger partial charge in [0.1, 0.15) is 0 Å². The predicted molar refractivity (Wildman–Crippen MR) is 72.2 cm³/mol. The van der Waals surface area contributed by atoms with Crippen LogP contribution in [0.3, 0.4) is 0 Å². The summed E-state index contributed by atoms with van der Waals surface area (Å²) in [4.78, 5) is 1.45. The standard InChI is InChI=1S/C14H17NS/c1-2-12(11-14-9-6-10-16-14)15-13-7-4-3-5-8-13/h3-10,12,15H,2,11H2,1H3. The Labute approximate surface area is 101 Å². The van der Waals surface area contributed by atoms with Gasteiger partial charge in [-0.2, -0.15) is 0 Å². The van der Waals surface area contributed by atoms with E-state index in [1.165, 1.54) is 10.6 Å². The molecule has 0 spiro atoms. The number of hydrogen-bond acceptors (Lipinski definition) is 2. The van der Waals surface area contributed by atoms with E-state index in [4.69, 9.17) is 0 Å². The number of nitrogens with one attached hydrogen (secondary N) is 1. The number of thiophene rings is 1. The first-order chi connectivity index (χ1) is 7.88. The van der Waals surface area contributed by atoms with Crippen LogP contribution in [0.5, 0.6) is 0 Å². The third-order valence-corrected chi connectivity index (χ3v) is 3.56. The number of anilines is 1. The molecule has 2 heteroatoms. The summed E-state index contributed by atoms with van der Waals surface area (Å²) in [5, 5.41) is 5.72. The average Bonchev–Trinajstić information content (AvgIpc) is 2.82. The third-order valence-electron chi connectivity index (χ3n) is 2.67. The van der Waals surface area contributed by atoms with Crippen molar-refractivity contribution in [2.75, 3.05) is 5.32 Å². The fourth-order valence-corrected chi connectivity index (χ4v) is 2.53. The lowest BCUT2D eigenvalue weighted by molar-refractivity contribution is 0.697. The van der Waals surface area contributed by atoms with Gasteiger partial charge in [-0.25, -0.2) is 0 Å². The Hall–Kier alpha value is -1.28. The van der Waals surface area contributed by atoms with Crippen LogP contribution in [0.4, 0.5) is 5.69 Å². The molecule has 2 rings (SSSR count). The molecule has 1 aromatic heterocycles. The molecule has 1 aromatic carbocycles. The first kappa shape index (κ1) is 11.2. The summed E-state index contributed by atoms with van der Waals surface area (Å²) in [5.74, 6) is 0. The molecule has 1 heterocycles. The van der Waals surface area contributed by atoms with Crippen molar-refractivity contribution in [1.29, 1.82) is 0 Å². The molecule has 16 heavy (non-hydrogen) atoms. The average molecular weight is 231 g/mol. The molecule has 0 fully saturated rings. The van der Waals surface area contributed by atoms with Crippen LogP contribution in [-0.2, 0) is 6.42 Å². The topological polar surface area (TPSA) is 12.0 Å². The van der Waals surface area contributed by atoms with E-state index < -0.39 is 0 Å². The molecule has 1 unspecified atom stereocenters. The lowest BCUT2D eigenvalue weighted by Crippen LogP contribution is -2.20. The second kappa shape index (κ2) is 5.71. The van der Waals surface area contributed by atoms with E-state index in [1.807, 2.05) is 17.4 Å². The molecule has 0 radical (unpaired) electrons.